The highest BCUT2D eigenvalue weighted by Crippen LogP contribution is 2.36. The number of rotatable bonds is 3. The molecule has 1 atom stereocenters. The zero-order valence-electron chi connectivity index (χ0n) is 10.7. The van der Waals surface area contributed by atoms with Crippen molar-refractivity contribution in [2.75, 3.05) is 7.11 Å². The Morgan fingerprint density at radius 1 is 1.05 bits per heavy atom. The minimum Gasteiger partial charge on any atom is -0.496 e. The smallest absolute Gasteiger partial charge is 0.416 e. The topological polar surface area (TPSA) is 29.5 Å². The lowest BCUT2D eigenvalue weighted by molar-refractivity contribution is -0.137. The van der Waals surface area contributed by atoms with E-state index < -0.39 is 17.8 Å². The van der Waals surface area contributed by atoms with Gasteiger partial charge in [0.25, 0.3) is 0 Å². The molecule has 0 aromatic heterocycles. The van der Waals surface area contributed by atoms with Crippen molar-refractivity contribution in [3.05, 3.63) is 65.2 Å². The second-order valence-corrected chi connectivity index (χ2v) is 4.27. The summed E-state index contributed by atoms with van der Waals surface area (Å²) in [5.74, 6) is 0.0104. The molecule has 2 rings (SSSR count). The van der Waals surface area contributed by atoms with E-state index in [1.54, 1.807) is 30.3 Å². The average Bonchev–Trinajstić information content (AvgIpc) is 2.45. The van der Waals surface area contributed by atoms with Gasteiger partial charge >= 0.3 is 6.18 Å². The molecule has 0 aliphatic heterocycles. The van der Waals surface area contributed by atoms with Gasteiger partial charge in [-0.25, -0.2) is 0 Å². The Balaban J connectivity index is 2.42. The molecular formula is C15H13F3O2. The summed E-state index contributed by atoms with van der Waals surface area (Å²) in [6.45, 7) is 0. The van der Waals surface area contributed by atoms with Gasteiger partial charge in [0.05, 0.1) is 12.7 Å². The summed E-state index contributed by atoms with van der Waals surface area (Å²) in [6.07, 6.45) is -5.47. The molecule has 20 heavy (non-hydrogen) atoms. The van der Waals surface area contributed by atoms with Crippen molar-refractivity contribution in [2.45, 2.75) is 12.3 Å². The Hall–Kier alpha value is -2.01. The number of benzene rings is 2. The molecule has 1 N–H and O–H groups in total. The Morgan fingerprint density at radius 2 is 1.70 bits per heavy atom. The molecule has 106 valence electrons. The monoisotopic (exact) mass is 282 g/mol. The molecule has 1 unspecified atom stereocenters. The molecule has 0 amide bonds. The van der Waals surface area contributed by atoms with Gasteiger partial charge in [0.1, 0.15) is 11.9 Å². The average molecular weight is 282 g/mol. The first-order valence-electron chi connectivity index (χ1n) is 5.91. The van der Waals surface area contributed by atoms with Crippen LogP contribution in [0.2, 0.25) is 0 Å². The molecule has 2 aromatic rings. The largest absolute Gasteiger partial charge is 0.496 e. The molecule has 0 bridgehead atoms. The third-order valence-corrected chi connectivity index (χ3v) is 2.97. The lowest BCUT2D eigenvalue weighted by Gasteiger charge is -2.17. The van der Waals surface area contributed by atoms with Crippen molar-refractivity contribution in [1.82, 2.24) is 0 Å². The molecule has 5 heteroatoms. The fraction of sp³-hybridized carbons (Fsp3) is 0.200. The molecule has 0 saturated heterocycles. The second-order valence-electron chi connectivity index (χ2n) is 4.27. The van der Waals surface area contributed by atoms with Crippen molar-refractivity contribution in [1.29, 1.82) is 0 Å². The van der Waals surface area contributed by atoms with E-state index in [1.165, 1.54) is 13.2 Å². The summed E-state index contributed by atoms with van der Waals surface area (Å²) >= 11 is 0. The fourth-order valence-corrected chi connectivity index (χ4v) is 1.93. The number of ether oxygens (including phenoxy) is 1. The standard InChI is InChI=1S/C15H13F3O2/c1-20-13-9-11(15(16,17)18)7-8-12(13)14(19)10-5-3-2-4-6-10/h2-9,14,19H,1H3. The number of halogens is 3. The van der Waals surface area contributed by atoms with Gasteiger partial charge < -0.3 is 9.84 Å². The van der Waals surface area contributed by atoms with Crippen LogP contribution in [0.15, 0.2) is 48.5 Å². The van der Waals surface area contributed by atoms with Crippen LogP contribution in [0.3, 0.4) is 0 Å². The second kappa shape index (κ2) is 5.54. The van der Waals surface area contributed by atoms with Crippen LogP contribution in [-0.2, 0) is 6.18 Å². The van der Waals surface area contributed by atoms with Gasteiger partial charge in [0.15, 0.2) is 0 Å². The Morgan fingerprint density at radius 3 is 2.25 bits per heavy atom. The number of alkyl halides is 3. The molecule has 0 heterocycles. The summed E-state index contributed by atoms with van der Waals surface area (Å²) in [4.78, 5) is 0. The number of aliphatic hydroxyl groups is 1. The molecular weight excluding hydrogens is 269 g/mol. The van der Waals surface area contributed by atoms with Crippen LogP contribution in [0.1, 0.15) is 22.8 Å². The van der Waals surface area contributed by atoms with E-state index >= 15 is 0 Å². The Labute approximate surface area is 114 Å². The highest BCUT2D eigenvalue weighted by Gasteiger charge is 2.31. The fourth-order valence-electron chi connectivity index (χ4n) is 1.93. The van der Waals surface area contributed by atoms with Crippen molar-refractivity contribution < 1.29 is 23.0 Å². The maximum atomic E-state index is 12.6. The quantitative estimate of drug-likeness (QED) is 0.928. The molecule has 2 aromatic carbocycles. The summed E-state index contributed by atoms with van der Waals surface area (Å²) in [6, 6.07) is 11.7. The van der Waals surface area contributed by atoms with Gasteiger partial charge in [-0.3, -0.25) is 0 Å². The SMILES string of the molecule is COc1cc(C(F)(F)F)ccc1C(O)c1ccccc1. The van der Waals surface area contributed by atoms with E-state index in [0.717, 1.165) is 12.1 Å². The van der Waals surface area contributed by atoms with Gasteiger partial charge in [-0.15, -0.1) is 0 Å². The lowest BCUT2D eigenvalue weighted by atomic mass is 9.99. The summed E-state index contributed by atoms with van der Waals surface area (Å²) in [5.41, 5.74) is 0.0793. The van der Waals surface area contributed by atoms with Crippen LogP contribution in [-0.4, -0.2) is 12.2 Å². The van der Waals surface area contributed by atoms with E-state index in [1.807, 2.05) is 0 Å². The van der Waals surface area contributed by atoms with E-state index in [4.69, 9.17) is 4.74 Å². The maximum Gasteiger partial charge on any atom is 0.416 e. The molecule has 0 radical (unpaired) electrons. The molecule has 0 saturated carbocycles. The Bertz CT molecular complexity index is 579. The number of methoxy groups -OCH3 is 1. The normalized spacial score (nSPS) is 13.1. The Kier molecular flexibility index (Phi) is 3.99. The summed E-state index contributed by atoms with van der Waals surface area (Å²) in [7, 11) is 1.27. The zero-order chi connectivity index (χ0) is 14.8. The van der Waals surface area contributed by atoms with Crippen LogP contribution >= 0.6 is 0 Å². The summed E-state index contributed by atoms with van der Waals surface area (Å²) < 4.78 is 42.9. The molecule has 0 aliphatic carbocycles. The van der Waals surface area contributed by atoms with Crippen LogP contribution in [0, 0.1) is 0 Å². The van der Waals surface area contributed by atoms with Gasteiger partial charge in [-0.1, -0.05) is 36.4 Å². The molecule has 0 aliphatic rings. The van der Waals surface area contributed by atoms with E-state index in [-0.39, 0.29) is 5.75 Å². The van der Waals surface area contributed by atoms with Gasteiger partial charge in [0.2, 0.25) is 0 Å². The van der Waals surface area contributed by atoms with Crippen LogP contribution in [0.4, 0.5) is 13.2 Å². The van der Waals surface area contributed by atoms with Crippen molar-refractivity contribution in [3.63, 3.8) is 0 Å². The molecule has 0 fully saturated rings. The highest BCUT2D eigenvalue weighted by atomic mass is 19.4. The first kappa shape index (κ1) is 14.4. The van der Waals surface area contributed by atoms with Crippen LogP contribution in [0.5, 0.6) is 5.75 Å². The zero-order valence-corrected chi connectivity index (χ0v) is 10.7. The first-order valence-corrected chi connectivity index (χ1v) is 5.91. The minimum atomic E-state index is -4.44. The van der Waals surface area contributed by atoms with Crippen molar-refractivity contribution in [3.8, 4) is 5.75 Å². The van der Waals surface area contributed by atoms with E-state index in [2.05, 4.69) is 0 Å². The van der Waals surface area contributed by atoms with Crippen LogP contribution in [0.25, 0.3) is 0 Å². The number of aliphatic hydroxyl groups excluding tert-OH is 1. The maximum absolute atomic E-state index is 12.6. The highest BCUT2D eigenvalue weighted by molar-refractivity contribution is 5.43. The van der Waals surface area contributed by atoms with Gasteiger partial charge in [0, 0.05) is 5.56 Å². The summed E-state index contributed by atoms with van der Waals surface area (Å²) in [5, 5.41) is 10.2. The number of hydrogen-bond acceptors (Lipinski definition) is 2. The third kappa shape index (κ3) is 2.93. The first-order chi connectivity index (χ1) is 9.43. The lowest BCUT2D eigenvalue weighted by Crippen LogP contribution is -2.08. The van der Waals surface area contributed by atoms with E-state index in [9.17, 15) is 18.3 Å². The van der Waals surface area contributed by atoms with E-state index in [0.29, 0.717) is 11.1 Å². The predicted molar refractivity (Wildman–Crippen MR) is 68.5 cm³/mol. The van der Waals surface area contributed by atoms with Crippen molar-refractivity contribution in [2.24, 2.45) is 0 Å². The van der Waals surface area contributed by atoms with Gasteiger partial charge in [-0.2, -0.15) is 13.2 Å². The van der Waals surface area contributed by atoms with Gasteiger partial charge in [-0.05, 0) is 17.7 Å². The predicted octanol–water partition coefficient (Wildman–Crippen LogP) is 3.80. The molecule has 2 nitrogen and oxygen atoms in total. The molecule has 0 spiro atoms. The minimum absolute atomic E-state index is 0.0104. The number of hydrogen-bond donors (Lipinski definition) is 1. The third-order valence-electron chi connectivity index (χ3n) is 2.97. The van der Waals surface area contributed by atoms with Crippen molar-refractivity contribution >= 4 is 0 Å². The van der Waals surface area contributed by atoms with Crippen LogP contribution < -0.4 is 4.74 Å².